The van der Waals surface area contributed by atoms with Crippen molar-refractivity contribution in [2.45, 2.75) is 6.61 Å². The minimum Gasteiger partial charge on any atom is -0.466 e. The highest BCUT2D eigenvalue weighted by atomic mass is 16.6. The summed E-state index contributed by atoms with van der Waals surface area (Å²) in [4.78, 5) is 20.8. The fourth-order valence-electron chi connectivity index (χ4n) is 0.668. The van der Waals surface area contributed by atoms with Crippen LogP contribution in [0.15, 0.2) is 22.8 Å². The molecule has 0 saturated heterocycles. The number of rotatable bonds is 2. The number of carbonyl (C=O) groups is 2. The number of alkyl carbamates (subject to hydrolysis) is 1. The Morgan fingerprint density at radius 2 is 2.38 bits per heavy atom. The van der Waals surface area contributed by atoms with E-state index in [9.17, 15) is 9.59 Å². The van der Waals surface area contributed by atoms with Crippen molar-refractivity contribution in [3.05, 3.63) is 24.2 Å². The highest BCUT2D eigenvalue weighted by molar-refractivity contribution is 5.89. The maximum absolute atomic E-state index is 10.7. The number of hydrogen-bond donors (Lipinski definition) is 2. The molecule has 0 aliphatic carbocycles. The molecule has 0 atom stereocenters. The number of hydrogen-bond acceptors (Lipinski definition) is 4. The van der Waals surface area contributed by atoms with Gasteiger partial charge >= 0.3 is 12.1 Å². The van der Waals surface area contributed by atoms with Crippen LogP contribution in [0.3, 0.4) is 0 Å². The largest absolute Gasteiger partial charge is 0.466 e. The Bertz CT molecular complexity index is 293. The Kier molecular flexibility index (Phi) is 2.91. The van der Waals surface area contributed by atoms with Crippen LogP contribution in [0.4, 0.5) is 9.59 Å². The van der Waals surface area contributed by atoms with Crippen LogP contribution in [-0.4, -0.2) is 12.1 Å². The summed E-state index contributed by atoms with van der Waals surface area (Å²) in [7, 11) is 0. The Morgan fingerprint density at radius 3 is 2.92 bits per heavy atom. The molecular weight excluding hydrogens is 176 g/mol. The van der Waals surface area contributed by atoms with Crippen molar-refractivity contribution < 1.29 is 18.7 Å². The Labute approximate surface area is 73.6 Å². The van der Waals surface area contributed by atoms with Crippen molar-refractivity contribution in [2.24, 2.45) is 5.73 Å². The summed E-state index contributed by atoms with van der Waals surface area (Å²) >= 11 is 0. The number of primary amides is 1. The molecule has 0 aliphatic rings. The average Bonchev–Trinajstić information content (AvgIpc) is 2.51. The molecule has 13 heavy (non-hydrogen) atoms. The summed E-state index contributed by atoms with van der Waals surface area (Å²) in [6.07, 6.45) is 0.550. The molecule has 3 amide bonds. The maximum atomic E-state index is 10.7. The zero-order valence-corrected chi connectivity index (χ0v) is 6.65. The predicted octanol–water partition coefficient (Wildman–Crippen LogP) is 0.585. The van der Waals surface area contributed by atoms with E-state index in [1.807, 2.05) is 0 Å². The molecule has 0 unspecified atom stereocenters. The molecule has 0 radical (unpaired) electrons. The molecule has 0 saturated carbocycles. The predicted molar refractivity (Wildman–Crippen MR) is 41.6 cm³/mol. The van der Waals surface area contributed by atoms with Crippen LogP contribution in [0.2, 0.25) is 0 Å². The highest BCUT2D eigenvalue weighted by Gasteiger charge is 2.05. The van der Waals surface area contributed by atoms with E-state index in [2.05, 4.69) is 10.5 Å². The second-order valence-corrected chi connectivity index (χ2v) is 2.14. The molecule has 0 fully saturated rings. The summed E-state index contributed by atoms with van der Waals surface area (Å²) in [5, 5.41) is 1.74. The molecule has 1 rings (SSSR count). The van der Waals surface area contributed by atoms with Gasteiger partial charge in [-0.1, -0.05) is 0 Å². The van der Waals surface area contributed by atoms with Crippen molar-refractivity contribution in [1.82, 2.24) is 5.32 Å². The quantitative estimate of drug-likeness (QED) is 0.702. The lowest BCUT2D eigenvalue weighted by molar-refractivity contribution is 0.133. The number of carbonyl (C=O) groups excluding carboxylic acids is 2. The molecule has 6 nitrogen and oxygen atoms in total. The third-order valence-corrected chi connectivity index (χ3v) is 1.15. The Balaban J connectivity index is 2.27. The van der Waals surface area contributed by atoms with Crippen molar-refractivity contribution in [3.8, 4) is 0 Å². The number of amides is 3. The first-order valence-electron chi connectivity index (χ1n) is 3.44. The van der Waals surface area contributed by atoms with Crippen LogP contribution in [-0.2, 0) is 11.3 Å². The van der Waals surface area contributed by atoms with Gasteiger partial charge in [0.15, 0.2) is 6.61 Å². The molecule has 0 bridgehead atoms. The number of nitrogens with one attached hydrogen (secondary N) is 1. The van der Waals surface area contributed by atoms with Gasteiger partial charge in [0, 0.05) is 0 Å². The highest BCUT2D eigenvalue weighted by Crippen LogP contribution is 2.01. The van der Waals surface area contributed by atoms with Gasteiger partial charge in [0.1, 0.15) is 5.76 Å². The molecule has 0 aliphatic heterocycles. The minimum atomic E-state index is -0.954. The van der Waals surface area contributed by atoms with Gasteiger partial charge in [-0.15, -0.1) is 0 Å². The Hall–Kier alpha value is -1.98. The molecule has 70 valence electrons. The second-order valence-electron chi connectivity index (χ2n) is 2.14. The third-order valence-electron chi connectivity index (χ3n) is 1.15. The summed E-state index contributed by atoms with van der Waals surface area (Å²) < 4.78 is 9.42. The summed E-state index contributed by atoms with van der Waals surface area (Å²) in [5.41, 5.74) is 4.67. The van der Waals surface area contributed by atoms with E-state index >= 15 is 0 Å². The topological polar surface area (TPSA) is 94.6 Å². The fourth-order valence-corrected chi connectivity index (χ4v) is 0.668. The van der Waals surface area contributed by atoms with Gasteiger partial charge in [-0.3, -0.25) is 0 Å². The summed E-state index contributed by atoms with van der Waals surface area (Å²) in [6.45, 7) is -0.0356. The first kappa shape index (κ1) is 9.11. The van der Waals surface area contributed by atoms with Crippen molar-refractivity contribution >= 4 is 12.1 Å². The van der Waals surface area contributed by atoms with Gasteiger partial charge in [-0.2, -0.15) is 0 Å². The van der Waals surface area contributed by atoms with E-state index in [1.54, 1.807) is 17.4 Å². The lowest BCUT2D eigenvalue weighted by Crippen LogP contribution is -2.35. The van der Waals surface area contributed by atoms with Gasteiger partial charge in [0.2, 0.25) is 0 Å². The zero-order valence-electron chi connectivity index (χ0n) is 6.65. The standard InChI is InChI=1S/C7H8N2O4/c8-6(10)9-7(11)13-4-5-2-1-3-12-5/h1-3H,4H2,(H3,8,9,10,11). The normalized spacial score (nSPS) is 9.23. The fraction of sp³-hybridized carbons (Fsp3) is 0.143. The van der Waals surface area contributed by atoms with Crippen LogP contribution in [0.1, 0.15) is 5.76 Å². The number of imide groups is 1. The monoisotopic (exact) mass is 184 g/mol. The number of ether oxygens (including phenoxy) is 1. The number of urea groups is 1. The van der Waals surface area contributed by atoms with Gasteiger partial charge in [-0.05, 0) is 12.1 Å². The third kappa shape index (κ3) is 3.28. The van der Waals surface area contributed by atoms with Crippen molar-refractivity contribution in [1.29, 1.82) is 0 Å². The molecule has 3 N–H and O–H groups in total. The van der Waals surface area contributed by atoms with Gasteiger partial charge in [-0.25, -0.2) is 14.9 Å². The first-order chi connectivity index (χ1) is 6.18. The smallest absolute Gasteiger partial charge is 0.415 e. The van der Waals surface area contributed by atoms with Gasteiger partial charge < -0.3 is 14.9 Å². The molecule has 0 spiro atoms. The maximum Gasteiger partial charge on any atom is 0.415 e. The Morgan fingerprint density at radius 1 is 1.62 bits per heavy atom. The van der Waals surface area contributed by atoms with E-state index in [0.717, 1.165) is 0 Å². The summed E-state index contributed by atoms with van der Waals surface area (Å²) in [5.74, 6) is 0.486. The molecule has 1 aromatic rings. The SMILES string of the molecule is NC(=O)NC(=O)OCc1ccco1. The van der Waals surface area contributed by atoms with Crippen LogP contribution in [0, 0.1) is 0 Å². The summed E-state index contributed by atoms with van der Waals surface area (Å²) in [6, 6.07) is 2.34. The van der Waals surface area contributed by atoms with Crippen LogP contribution >= 0.6 is 0 Å². The van der Waals surface area contributed by atoms with E-state index < -0.39 is 12.1 Å². The van der Waals surface area contributed by atoms with Crippen LogP contribution < -0.4 is 11.1 Å². The lowest BCUT2D eigenvalue weighted by Gasteiger charge is -2.01. The number of nitrogens with two attached hydrogens (primary N) is 1. The molecular formula is C7H8N2O4. The lowest BCUT2D eigenvalue weighted by atomic mass is 10.5. The van der Waals surface area contributed by atoms with E-state index in [4.69, 9.17) is 4.42 Å². The number of furan rings is 1. The molecule has 1 heterocycles. The van der Waals surface area contributed by atoms with E-state index in [-0.39, 0.29) is 6.61 Å². The average molecular weight is 184 g/mol. The zero-order chi connectivity index (χ0) is 9.68. The van der Waals surface area contributed by atoms with E-state index in [0.29, 0.717) is 5.76 Å². The molecule has 1 aromatic heterocycles. The minimum absolute atomic E-state index is 0.0356. The van der Waals surface area contributed by atoms with Gasteiger partial charge in [0.25, 0.3) is 0 Å². The van der Waals surface area contributed by atoms with Crippen molar-refractivity contribution in [2.75, 3.05) is 0 Å². The van der Waals surface area contributed by atoms with Crippen molar-refractivity contribution in [3.63, 3.8) is 0 Å². The molecule has 0 aromatic carbocycles. The second kappa shape index (κ2) is 4.15. The molecule has 6 heteroatoms. The van der Waals surface area contributed by atoms with Gasteiger partial charge in [0.05, 0.1) is 6.26 Å². The van der Waals surface area contributed by atoms with Crippen LogP contribution in [0.5, 0.6) is 0 Å². The first-order valence-corrected chi connectivity index (χ1v) is 3.44. The van der Waals surface area contributed by atoms with Crippen LogP contribution in [0.25, 0.3) is 0 Å². The van der Waals surface area contributed by atoms with E-state index in [1.165, 1.54) is 6.26 Å².